The fourth-order valence-corrected chi connectivity index (χ4v) is 5.59. The molecule has 1 aliphatic heterocycles. The van der Waals surface area contributed by atoms with Gasteiger partial charge in [-0.25, -0.2) is 0 Å². The fraction of sp³-hybridized carbons (Fsp3) is 0.296. The number of aromatic nitrogens is 1. The summed E-state index contributed by atoms with van der Waals surface area (Å²) in [4.78, 5) is 13.0. The van der Waals surface area contributed by atoms with Gasteiger partial charge in [0.05, 0.1) is 17.7 Å². The zero-order chi connectivity index (χ0) is 21.1. The van der Waals surface area contributed by atoms with E-state index in [1.165, 1.54) is 44.1 Å². The molecule has 2 heterocycles. The van der Waals surface area contributed by atoms with Crippen LogP contribution < -0.4 is 5.32 Å². The molecule has 0 spiro atoms. The molecule has 0 fully saturated rings. The van der Waals surface area contributed by atoms with Crippen molar-refractivity contribution in [2.24, 2.45) is 0 Å². The summed E-state index contributed by atoms with van der Waals surface area (Å²) in [7, 11) is 0. The lowest BCUT2D eigenvalue weighted by molar-refractivity contribution is 0.0966. The molecular weight excluding hydrogens is 384 g/mol. The van der Waals surface area contributed by atoms with Crippen LogP contribution in [0, 0.1) is 0 Å². The molecule has 6 rings (SSSR count). The zero-order valence-electron chi connectivity index (χ0n) is 18.0. The van der Waals surface area contributed by atoms with Gasteiger partial charge in [0.15, 0.2) is 0 Å². The number of carbonyl (C=O) groups is 1. The van der Waals surface area contributed by atoms with Gasteiger partial charge in [-0.2, -0.15) is 0 Å². The molecule has 2 aliphatic rings. The summed E-state index contributed by atoms with van der Waals surface area (Å²) in [6, 6.07) is 15.3. The van der Waals surface area contributed by atoms with Crippen LogP contribution in [0.4, 0.5) is 0 Å². The fourth-order valence-electron chi connectivity index (χ4n) is 5.59. The van der Waals surface area contributed by atoms with Crippen molar-refractivity contribution < 1.29 is 9.53 Å². The Hall–Kier alpha value is -3.11. The molecule has 0 saturated carbocycles. The molecule has 4 aromatic rings. The Morgan fingerprint density at radius 3 is 2.77 bits per heavy atom. The van der Waals surface area contributed by atoms with E-state index in [1.54, 1.807) is 0 Å². The predicted octanol–water partition coefficient (Wildman–Crippen LogP) is 5.56. The number of benzene rings is 3. The lowest BCUT2D eigenvalue weighted by Crippen LogP contribution is -2.13. The number of amides is 1. The van der Waals surface area contributed by atoms with Crippen molar-refractivity contribution in [1.82, 2.24) is 9.88 Å². The Labute approximate surface area is 181 Å². The smallest absolute Gasteiger partial charge is 0.252 e. The molecule has 0 unspecified atom stereocenters. The Bertz CT molecular complexity index is 1380. The van der Waals surface area contributed by atoms with Gasteiger partial charge in [0.2, 0.25) is 0 Å². The second-order valence-electron chi connectivity index (χ2n) is 8.59. The highest BCUT2D eigenvalue weighted by molar-refractivity contribution is 6.20. The van der Waals surface area contributed by atoms with E-state index in [9.17, 15) is 4.79 Å². The average molecular weight is 411 g/mol. The van der Waals surface area contributed by atoms with Gasteiger partial charge >= 0.3 is 0 Å². The topological polar surface area (TPSA) is 43.3 Å². The van der Waals surface area contributed by atoms with E-state index in [2.05, 4.69) is 59.3 Å². The summed E-state index contributed by atoms with van der Waals surface area (Å²) < 4.78 is 8.18. The predicted molar refractivity (Wildman–Crippen MR) is 124 cm³/mol. The van der Waals surface area contributed by atoms with Crippen molar-refractivity contribution in [2.45, 2.75) is 46.4 Å². The maximum Gasteiger partial charge on any atom is 0.252 e. The zero-order valence-corrected chi connectivity index (χ0v) is 18.0. The summed E-state index contributed by atoms with van der Waals surface area (Å²) >= 11 is 0. The van der Waals surface area contributed by atoms with Crippen LogP contribution in [0.3, 0.4) is 0 Å². The van der Waals surface area contributed by atoms with Crippen molar-refractivity contribution in [3.05, 3.63) is 70.3 Å². The summed E-state index contributed by atoms with van der Waals surface area (Å²) in [6.07, 6.45) is 1.95. The van der Waals surface area contributed by atoms with Gasteiger partial charge in [0.1, 0.15) is 0 Å². The summed E-state index contributed by atoms with van der Waals surface area (Å²) in [5, 5.41) is 5.61. The van der Waals surface area contributed by atoms with E-state index in [1.807, 2.05) is 6.92 Å². The van der Waals surface area contributed by atoms with Crippen LogP contribution in [0.15, 0.2) is 42.5 Å². The molecule has 156 valence electrons. The molecule has 1 N–H and O–H groups in total. The van der Waals surface area contributed by atoms with Gasteiger partial charge in [-0.1, -0.05) is 37.3 Å². The molecule has 0 atom stereocenters. The Morgan fingerprint density at radius 1 is 1.06 bits per heavy atom. The lowest BCUT2D eigenvalue weighted by Gasteiger charge is -2.13. The summed E-state index contributed by atoms with van der Waals surface area (Å²) in [5.74, 6) is 0.0618. The number of hydrogen-bond donors (Lipinski definition) is 1. The minimum Gasteiger partial charge on any atom is -0.377 e. The van der Waals surface area contributed by atoms with Crippen molar-refractivity contribution in [1.29, 1.82) is 0 Å². The number of carbonyl (C=O) groups excluding carboxylic acids is 1. The highest BCUT2D eigenvalue weighted by Crippen LogP contribution is 2.48. The highest BCUT2D eigenvalue weighted by atomic mass is 16.5. The molecule has 1 amide bonds. The SMILES string of the molecule is CCCn1c2ccc(COCC)cc2c2c3c(c4c(c21)Cc1ccccc1-4)C(=O)NC3. The average Bonchev–Trinajstić information content (AvgIpc) is 3.44. The normalized spacial score (nSPS) is 14.2. The third-order valence-corrected chi connectivity index (χ3v) is 6.80. The number of fused-ring (bicyclic) bond motifs is 10. The Kier molecular flexibility index (Phi) is 4.19. The minimum atomic E-state index is 0.0618. The lowest BCUT2D eigenvalue weighted by atomic mass is 9.92. The molecule has 1 aromatic heterocycles. The minimum absolute atomic E-state index is 0.0618. The quantitative estimate of drug-likeness (QED) is 0.412. The van der Waals surface area contributed by atoms with E-state index < -0.39 is 0 Å². The molecule has 3 aromatic carbocycles. The van der Waals surface area contributed by atoms with E-state index >= 15 is 0 Å². The number of aryl methyl sites for hydroxylation is 1. The number of nitrogens with one attached hydrogen (secondary N) is 1. The number of rotatable bonds is 5. The first-order valence-electron chi connectivity index (χ1n) is 11.3. The van der Waals surface area contributed by atoms with Crippen LogP contribution in [-0.4, -0.2) is 17.1 Å². The first-order chi connectivity index (χ1) is 15.2. The Morgan fingerprint density at radius 2 is 1.94 bits per heavy atom. The molecule has 0 saturated heterocycles. The second-order valence-corrected chi connectivity index (χ2v) is 8.59. The van der Waals surface area contributed by atoms with E-state index in [-0.39, 0.29) is 5.91 Å². The van der Waals surface area contributed by atoms with E-state index in [0.29, 0.717) is 19.8 Å². The standard InChI is InChI=1S/C27H26N2O2/c1-3-11-29-22-10-9-16(15-31-4-2)12-19(22)24-21-14-28-27(30)25(21)23-18-8-6-5-7-17(18)13-20(23)26(24)29/h5-10,12H,3-4,11,13-15H2,1-2H3,(H,28,30). The van der Waals surface area contributed by atoms with Crippen molar-refractivity contribution in [2.75, 3.05) is 6.61 Å². The maximum atomic E-state index is 13.0. The molecule has 0 radical (unpaired) electrons. The summed E-state index contributed by atoms with van der Waals surface area (Å²) in [6.45, 7) is 7.14. The third-order valence-electron chi connectivity index (χ3n) is 6.80. The summed E-state index contributed by atoms with van der Waals surface area (Å²) in [5.41, 5.74) is 10.8. The van der Waals surface area contributed by atoms with Crippen LogP contribution in [0.25, 0.3) is 32.9 Å². The molecular formula is C27H26N2O2. The van der Waals surface area contributed by atoms with Gasteiger partial charge < -0.3 is 14.6 Å². The molecule has 0 bridgehead atoms. The molecule has 1 aliphatic carbocycles. The first-order valence-corrected chi connectivity index (χ1v) is 11.3. The largest absolute Gasteiger partial charge is 0.377 e. The van der Waals surface area contributed by atoms with Crippen molar-refractivity contribution >= 4 is 27.7 Å². The van der Waals surface area contributed by atoms with Gasteiger partial charge in [-0.05, 0) is 53.3 Å². The first kappa shape index (κ1) is 18.6. The van der Waals surface area contributed by atoms with Gasteiger partial charge in [-0.15, -0.1) is 0 Å². The molecule has 4 nitrogen and oxygen atoms in total. The maximum absolute atomic E-state index is 13.0. The number of hydrogen-bond acceptors (Lipinski definition) is 2. The highest BCUT2D eigenvalue weighted by Gasteiger charge is 2.35. The molecule has 4 heteroatoms. The van der Waals surface area contributed by atoms with Crippen LogP contribution in [0.5, 0.6) is 0 Å². The second kappa shape index (κ2) is 6.96. The monoisotopic (exact) mass is 410 g/mol. The van der Waals surface area contributed by atoms with Crippen LogP contribution in [-0.2, 0) is 30.9 Å². The van der Waals surface area contributed by atoms with Crippen LogP contribution in [0.2, 0.25) is 0 Å². The number of nitrogens with zero attached hydrogens (tertiary/aromatic N) is 1. The third kappa shape index (κ3) is 2.55. The van der Waals surface area contributed by atoms with Crippen LogP contribution >= 0.6 is 0 Å². The molecule has 31 heavy (non-hydrogen) atoms. The van der Waals surface area contributed by atoms with Crippen molar-refractivity contribution in [3.8, 4) is 11.1 Å². The Balaban J connectivity index is 1.76. The number of ether oxygens (including phenoxy) is 1. The van der Waals surface area contributed by atoms with Crippen LogP contribution in [0.1, 0.15) is 52.9 Å². The van der Waals surface area contributed by atoms with Gasteiger partial charge in [-0.3, -0.25) is 4.79 Å². The van der Waals surface area contributed by atoms with Gasteiger partial charge in [0, 0.05) is 48.0 Å². The van der Waals surface area contributed by atoms with Crippen molar-refractivity contribution in [3.63, 3.8) is 0 Å². The van der Waals surface area contributed by atoms with E-state index in [0.717, 1.165) is 36.1 Å². The van der Waals surface area contributed by atoms with Gasteiger partial charge in [0.25, 0.3) is 5.91 Å². The van der Waals surface area contributed by atoms with E-state index in [4.69, 9.17) is 4.74 Å².